The van der Waals surface area contributed by atoms with Gasteiger partial charge in [0, 0.05) is 12.6 Å². The van der Waals surface area contributed by atoms with Crippen LogP contribution >= 0.6 is 0 Å². The number of hydrogen-bond donors (Lipinski definition) is 2. The maximum absolute atomic E-state index is 12.1. The molecule has 1 aliphatic rings. The van der Waals surface area contributed by atoms with Gasteiger partial charge in [0.05, 0.1) is 12.0 Å². The first kappa shape index (κ1) is 16.0. The van der Waals surface area contributed by atoms with Crippen molar-refractivity contribution < 1.29 is 14.7 Å². The molecule has 0 radical (unpaired) electrons. The number of amides is 1. The predicted octanol–water partition coefficient (Wildman–Crippen LogP) is 1.48. The minimum atomic E-state index is -0.752. The summed E-state index contributed by atoms with van der Waals surface area (Å²) in [5, 5.41) is 12.1. The number of rotatable bonds is 6. The molecule has 1 saturated heterocycles. The van der Waals surface area contributed by atoms with E-state index in [-0.39, 0.29) is 23.9 Å². The molecule has 0 saturated carbocycles. The van der Waals surface area contributed by atoms with Crippen molar-refractivity contribution in [2.75, 3.05) is 13.1 Å². The largest absolute Gasteiger partial charge is 0.481 e. The Morgan fingerprint density at radius 1 is 1.37 bits per heavy atom. The average molecular weight is 270 g/mol. The van der Waals surface area contributed by atoms with Crippen LogP contribution in [0, 0.1) is 5.92 Å². The number of piperidine rings is 1. The van der Waals surface area contributed by atoms with E-state index < -0.39 is 5.97 Å². The molecule has 1 rings (SSSR count). The van der Waals surface area contributed by atoms with Gasteiger partial charge in [-0.15, -0.1) is 0 Å². The monoisotopic (exact) mass is 270 g/mol. The summed E-state index contributed by atoms with van der Waals surface area (Å²) in [7, 11) is 0. The number of carboxylic acid groups (broad SMARTS) is 1. The van der Waals surface area contributed by atoms with Gasteiger partial charge in [0.15, 0.2) is 0 Å². The molecule has 0 aromatic carbocycles. The summed E-state index contributed by atoms with van der Waals surface area (Å²) >= 11 is 0. The molecule has 0 unspecified atom stereocenters. The van der Waals surface area contributed by atoms with Gasteiger partial charge in [-0.25, -0.2) is 0 Å². The number of likely N-dealkylation sites (tertiary alicyclic amines) is 1. The Morgan fingerprint density at radius 2 is 2.00 bits per heavy atom. The molecule has 0 aromatic heterocycles. The zero-order chi connectivity index (χ0) is 14.4. The van der Waals surface area contributed by atoms with E-state index >= 15 is 0 Å². The molecule has 2 N–H and O–H groups in total. The molecule has 0 bridgehead atoms. The van der Waals surface area contributed by atoms with Crippen molar-refractivity contribution in [3.8, 4) is 0 Å². The summed E-state index contributed by atoms with van der Waals surface area (Å²) in [6.45, 7) is 7.26. The molecule has 1 fully saturated rings. The van der Waals surface area contributed by atoms with Gasteiger partial charge in [-0.1, -0.05) is 13.8 Å². The Balaban J connectivity index is 2.53. The molecule has 5 nitrogen and oxygen atoms in total. The first-order valence-corrected chi connectivity index (χ1v) is 7.26. The smallest absolute Gasteiger partial charge is 0.307 e. The van der Waals surface area contributed by atoms with Crippen molar-refractivity contribution >= 4 is 11.9 Å². The van der Waals surface area contributed by atoms with Gasteiger partial charge in [-0.05, 0) is 39.2 Å². The lowest BCUT2D eigenvalue weighted by Crippen LogP contribution is -2.51. The van der Waals surface area contributed by atoms with Crippen LogP contribution in [0.25, 0.3) is 0 Å². The van der Waals surface area contributed by atoms with Gasteiger partial charge >= 0.3 is 5.97 Å². The van der Waals surface area contributed by atoms with E-state index in [1.165, 1.54) is 0 Å². The topological polar surface area (TPSA) is 69.6 Å². The molecular weight excluding hydrogens is 244 g/mol. The van der Waals surface area contributed by atoms with Crippen molar-refractivity contribution in [3.05, 3.63) is 0 Å². The Morgan fingerprint density at radius 3 is 2.53 bits per heavy atom. The summed E-state index contributed by atoms with van der Waals surface area (Å²) in [6, 6.07) is -0.0299. The first-order chi connectivity index (χ1) is 8.99. The third kappa shape index (κ3) is 4.49. The van der Waals surface area contributed by atoms with Crippen LogP contribution in [0.3, 0.4) is 0 Å². The molecular formula is C14H26N2O3. The van der Waals surface area contributed by atoms with E-state index in [0.717, 1.165) is 25.8 Å². The lowest BCUT2D eigenvalue weighted by atomic mass is 9.97. The van der Waals surface area contributed by atoms with E-state index in [1.54, 1.807) is 0 Å². The van der Waals surface area contributed by atoms with Crippen LogP contribution in [-0.2, 0) is 9.59 Å². The van der Waals surface area contributed by atoms with Gasteiger partial charge in [-0.2, -0.15) is 0 Å². The summed E-state index contributed by atoms with van der Waals surface area (Å²) in [5.74, 6) is -1.07. The number of nitrogens with one attached hydrogen (secondary N) is 1. The first-order valence-electron chi connectivity index (χ1n) is 7.26. The average Bonchev–Trinajstić information content (AvgIpc) is 2.43. The van der Waals surface area contributed by atoms with Gasteiger partial charge in [0.25, 0.3) is 0 Å². The second-order valence-corrected chi connectivity index (χ2v) is 5.37. The maximum Gasteiger partial charge on any atom is 0.307 e. The number of nitrogens with zero attached hydrogens (tertiary/aromatic N) is 1. The quantitative estimate of drug-likeness (QED) is 0.767. The van der Waals surface area contributed by atoms with Crippen molar-refractivity contribution in [3.63, 3.8) is 0 Å². The molecule has 0 spiro atoms. The van der Waals surface area contributed by atoms with Gasteiger partial charge in [0.1, 0.15) is 0 Å². The summed E-state index contributed by atoms with van der Waals surface area (Å²) < 4.78 is 0. The molecule has 110 valence electrons. The van der Waals surface area contributed by atoms with Crippen LogP contribution in [-0.4, -0.2) is 47.1 Å². The normalized spacial score (nSPS) is 22.2. The van der Waals surface area contributed by atoms with Crippen LogP contribution in [0.1, 0.15) is 46.5 Å². The molecule has 1 aliphatic heterocycles. The number of carbonyl (C=O) groups excluding carboxylic acids is 1. The van der Waals surface area contributed by atoms with Crippen LogP contribution in [0.15, 0.2) is 0 Å². The molecule has 2 atom stereocenters. The second-order valence-electron chi connectivity index (χ2n) is 5.37. The Labute approximate surface area is 115 Å². The van der Waals surface area contributed by atoms with Crippen molar-refractivity contribution in [2.45, 2.75) is 58.5 Å². The van der Waals surface area contributed by atoms with E-state index in [9.17, 15) is 9.59 Å². The number of carbonyl (C=O) groups is 2. The Hall–Kier alpha value is -1.10. The lowest BCUT2D eigenvalue weighted by molar-refractivity contribution is -0.145. The van der Waals surface area contributed by atoms with Crippen LogP contribution in [0.5, 0.6) is 0 Å². The number of carboxylic acids is 1. The third-order valence-electron chi connectivity index (χ3n) is 4.06. The van der Waals surface area contributed by atoms with Crippen LogP contribution in [0.4, 0.5) is 0 Å². The maximum atomic E-state index is 12.1. The lowest BCUT2D eigenvalue weighted by Gasteiger charge is -2.35. The molecule has 1 heterocycles. The highest BCUT2D eigenvalue weighted by atomic mass is 16.4. The van der Waals surface area contributed by atoms with Gasteiger partial charge in [-0.3, -0.25) is 14.5 Å². The van der Waals surface area contributed by atoms with Gasteiger partial charge < -0.3 is 10.4 Å². The molecule has 19 heavy (non-hydrogen) atoms. The minimum Gasteiger partial charge on any atom is -0.481 e. The fourth-order valence-electron chi connectivity index (χ4n) is 2.54. The minimum absolute atomic E-state index is 0.0136. The zero-order valence-corrected chi connectivity index (χ0v) is 12.2. The fraction of sp³-hybridized carbons (Fsp3) is 0.857. The summed E-state index contributed by atoms with van der Waals surface area (Å²) in [6.07, 6.45) is 3.41. The van der Waals surface area contributed by atoms with Crippen LogP contribution < -0.4 is 5.32 Å². The van der Waals surface area contributed by atoms with E-state index in [2.05, 4.69) is 19.2 Å². The van der Waals surface area contributed by atoms with Crippen LogP contribution in [0.2, 0.25) is 0 Å². The SMILES string of the molecule is CCC(CC)NC(=O)[C@H](C)N1CCC[C@H](C(=O)O)C1. The molecule has 1 amide bonds. The van der Waals surface area contributed by atoms with Crippen molar-refractivity contribution in [1.29, 1.82) is 0 Å². The number of hydrogen-bond acceptors (Lipinski definition) is 3. The standard InChI is InChI=1S/C14H26N2O3/c1-4-12(5-2)15-13(17)10(3)16-8-6-7-11(9-16)14(18)19/h10-12H,4-9H2,1-3H3,(H,15,17)(H,18,19)/t10-,11-/m0/s1. The van der Waals surface area contributed by atoms with E-state index in [4.69, 9.17) is 5.11 Å². The van der Waals surface area contributed by atoms with E-state index in [0.29, 0.717) is 13.0 Å². The zero-order valence-electron chi connectivity index (χ0n) is 12.2. The van der Waals surface area contributed by atoms with Crippen molar-refractivity contribution in [1.82, 2.24) is 10.2 Å². The number of aliphatic carboxylic acids is 1. The third-order valence-corrected chi connectivity index (χ3v) is 4.06. The van der Waals surface area contributed by atoms with E-state index in [1.807, 2.05) is 11.8 Å². The molecule has 5 heteroatoms. The highest BCUT2D eigenvalue weighted by Gasteiger charge is 2.30. The highest BCUT2D eigenvalue weighted by Crippen LogP contribution is 2.18. The Bertz CT molecular complexity index is 316. The van der Waals surface area contributed by atoms with Crippen molar-refractivity contribution in [2.24, 2.45) is 5.92 Å². The summed E-state index contributed by atoms with van der Waals surface area (Å²) in [4.78, 5) is 25.2. The predicted molar refractivity (Wildman–Crippen MR) is 73.9 cm³/mol. The van der Waals surface area contributed by atoms with Gasteiger partial charge in [0.2, 0.25) is 5.91 Å². The second kappa shape index (κ2) is 7.48. The fourth-order valence-corrected chi connectivity index (χ4v) is 2.54. The Kier molecular flexibility index (Phi) is 6.28. The summed E-state index contributed by atoms with van der Waals surface area (Å²) in [5.41, 5.74) is 0. The molecule has 0 aliphatic carbocycles. The molecule has 0 aromatic rings. The highest BCUT2D eigenvalue weighted by molar-refractivity contribution is 5.81.